The van der Waals surface area contributed by atoms with Gasteiger partial charge in [-0.05, 0) is 142 Å². The van der Waals surface area contributed by atoms with E-state index < -0.39 is 16.7 Å². The molecule has 0 atom stereocenters. The van der Waals surface area contributed by atoms with E-state index in [-0.39, 0.29) is 30.1 Å². The van der Waals surface area contributed by atoms with Gasteiger partial charge >= 0.3 is 12.2 Å². The molecule has 0 saturated heterocycles. The highest BCUT2D eigenvalue weighted by molar-refractivity contribution is 7.23. The van der Waals surface area contributed by atoms with E-state index >= 15 is 0 Å². The summed E-state index contributed by atoms with van der Waals surface area (Å²) in [7, 11) is 0. The average molecular weight is 827 g/mol. The van der Waals surface area contributed by atoms with Gasteiger partial charge in [-0.3, -0.25) is 9.78 Å². The summed E-state index contributed by atoms with van der Waals surface area (Å²) in [5.74, 6) is -0.101. The molecule has 1 saturated carbocycles. The van der Waals surface area contributed by atoms with Crippen molar-refractivity contribution in [3.05, 3.63) is 58.7 Å². The fraction of sp³-hybridized carbons (Fsp3) is 0.533. The van der Waals surface area contributed by atoms with Crippen LogP contribution in [0.15, 0.2) is 42.6 Å². The van der Waals surface area contributed by atoms with Crippen LogP contribution in [0.5, 0.6) is 0 Å². The highest BCUT2D eigenvalue weighted by Gasteiger charge is 2.39. The maximum atomic E-state index is 14.0. The number of ether oxygens (including phenoxy) is 2. The molecule has 2 N–H and O–H groups in total. The Morgan fingerprint density at radius 1 is 0.897 bits per heavy atom. The van der Waals surface area contributed by atoms with E-state index in [0.717, 1.165) is 87.0 Å². The van der Waals surface area contributed by atoms with Gasteiger partial charge in [0.1, 0.15) is 21.2 Å². The van der Waals surface area contributed by atoms with Crippen molar-refractivity contribution in [2.45, 2.75) is 130 Å². The van der Waals surface area contributed by atoms with Gasteiger partial charge in [0.05, 0.1) is 15.9 Å². The van der Waals surface area contributed by atoms with Gasteiger partial charge in [0.2, 0.25) is 5.91 Å². The van der Waals surface area contributed by atoms with Crippen LogP contribution in [0.2, 0.25) is 0 Å². The van der Waals surface area contributed by atoms with Crippen LogP contribution < -0.4 is 10.6 Å². The van der Waals surface area contributed by atoms with Crippen molar-refractivity contribution in [1.82, 2.24) is 25.1 Å². The van der Waals surface area contributed by atoms with E-state index in [1.54, 1.807) is 27.6 Å². The number of fused-ring (bicyclic) bond motifs is 2. The maximum absolute atomic E-state index is 14.0. The molecule has 11 nitrogen and oxygen atoms in total. The average Bonchev–Trinajstić information content (AvgIpc) is 3.73. The Kier molecular flexibility index (Phi) is 11.8. The minimum atomic E-state index is -0.578. The number of aromatic nitrogens is 2. The van der Waals surface area contributed by atoms with Crippen LogP contribution in [0.1, 0.15) is 111 Å². The zero-order chi connectivity index (χ0) is 41.6. The van der Waals surface area contributed by atoms with Gasteiger partial charge in [-0.1, -0.05) is 18.2 Å². The molecular weight excluding hydrogens is 769 g/mol. The van der Waals surface area contributed by atoms with Gasteiger partial charge in [-0.25, -0.2) is 14.6 Å². The first-order valence-corrected chi connectivity index (χ1v) is 22.2. The van der Waals surface area contributed by atoms with E-state index in [4.69, 9.17) is 19.4 Å². The zero-order valence-electron chi connectivity index (χ0n) is 35.4. The monoisotopic (exact) mass is 826 g/mol. The lowest BCUT2D eigenvalue weighted by molar-refractivity contribution is -0.121. The number of benzene rings is 1. The molecular formula is C45H58N6O5S2. The molecule has 0 spiro atoms. The minimum absolute atomic E-state index is 0.0176. The smallest absolute Gasteiger partial charge is 0.410 e. The Morgan fingerprint density at radius 3 is 2.26 bits per heavy atom. The molecule has 310 valence electrons. The summed E-state index contributed by atoms with van der Waals surface area (Å²) in [6.07, 6.45) is 7.91. The van der Waals surface area contributed by atoms with Crippen LogP contribution in [-0.2, 0) is 27.2 Å². The van der Waals surface area contributed by atoms with E-state index in [9.17, 15) is 14.4 Å². The predicted molar refractivity (Wildman–Crippen MR) is 234 cm³/mol. The Morgan fingerprint density at radius 2 is 1.62 bits per heavy atom. The van der Waals surface area contributed by atoms with Gasteiger partial charge in [-0.15, -0.1) is 22.7 Å². The molecule has 58 heavy (non-hydrogen) atoms. The second-order valence-corrected chi connectivity index (χ2v) is 20.8. The predicted octanol–water partition coefficient (Wildman–Crippen LogP) is 10.3. The number of rotatable bonds is 6. The van der Waals surface area contributed by atoms with Crippen molar-refractivity contribution in [1.29, 1.82) is 0 Å². The summed E-state index contributed by atoms with van der Waals surface area (Å²) >= 11 is 3.32. The number of nitrogens with one attached hydrogen (secondary N) is 2. The Bertz CT molecular complexity index is 2200. The highest BCUT2D eigenvalue weighted by Crippen LogP contribution is 2.46. The van der Waals surface area contributed by atoms with E-state index in [2.05, 4.69) is 47.0 Å². The molecule has 13 heteroatoms. The van der Waals surface area contributed by atoms with Gasteiger partial charge in [0.25, 0.3) is 0 Å². The number of hydrogen-bond acceptors (Lipinski definition) is 10. The number of hydrogen-bond donors (Lipinski definition) is 2. The summed E-state index contributed by atoms with van der Waals surface area (Å²) in [6, 6.07) is 10.5. The maximum Gasteiger partial charge on any atom is 0.410 e. The van der Waals surface area contributed by atoms with Crippen LogP contribution >= 0.6 is 22.7 Å². The zero-order valence-corrected chi connectivity index (χ0v) is 37.0. The third kappa shape index (κ3) is 9.58. The molecule has 1 aliphatic carbocycles. The topological polar surface area (TPSA) is 126 Å². The van der Waals surface area contributed by atoms with Crippen molar-refractivity contribution in [3.8, 4) is 21.7 Å². The number of carbonyl (C=O) groups excluding carboxylic acids is 3. The number of amides is 3. The second-order valence-electron chi connectivity index (χ2n) is 18.7. The molecule has 3 aromatic heterocycles. The molecule has 4 aromatic rings. The normalized spacial score (nSPS) is 19.0. The summed E-state index contributed by atoms with van der Waals surface area (Å²) in [5, 5.41) is 8.66. The van der Waals surface area contributed by atoms with E-state index in [1.165, 1.54) is 10.4 Å². The number of nitrogens with zero attached hydrogens (tertiary/aromatic N) is 4. The first kappa shape index (κ1) is 41.8. The first-order valence-electron chi connectivity index (χ1n) is 20.6. The van der Waals surface area contributed by atoms with Gasteiger partial charge < -0.3 is 29.9 Å². The third-order valence-corrected chi connectivity index (χ3v) is 13.0. The Labute approximate surface area is 350 Å². The van der Waals surface area contributed by atoms with Gasteiger partial charge in [0.15, 0.2) is 0 Å². The van der Waals surface area contributed by atoms with Crippen LogP contribution in [0, 0.1) is 5.92 Å². The van der Waals surface area contributed by atoms with Gasteiger partial charge in [-0.2, -0.15) is 0 Å². The molecule has 1 fully saturated rings. The lowest BCUT2D eigenvalue weighted by Gasteiger charge is -2.44. The SMILES string of the molecule is CC(C)(C)OC(=O)N1CC=C(c2ccc(-c3ccc4nc(-c5c(NC(=O)C6CCC(N(C(=O)OC(C)(C)C)C(C)(C)C)CC6)sc6c5CCNC6)sc4c3)cn2)CC1. The Balaban J connectivity index is 1.05. The van der Waals surface area contributed by atoms with Gasteiger partial charge in [0, 0.05) is 59.3 Å². The lowest BCUT2D eigenvalue weighted by Crippen LogP contribution is -2.54. The molecule has 2 aliphatic heterocycles. The largest absolute Gasteiger partial charge is 0.444 e. The number of thiazole rings is 1. The minimum Gasteiger partial charge on any atom is -0.444 e. The first-order chi connectivity index (χ1) is 27.3. The van der Waals surface area contributed by atoms with Crippen molar-refractivity contribution >= 4 is 61.6 Å². The Hall–Kier alpha value is -4.33. The highest BCUT2D eigenvalue weighted by atomic mass is 32.1. The number of pyridine rings is 1. The lowest BCUT2D eigenvalue weighted by atomic mass is 9.83. The number of carbonyl (C=O) groups is 3. The molecule has 5 heterocycles. The molecule has 3 aliphatic rings. The fourth-order valence-electron chi connectivity index (χ4n) is 8.10. The standard InChI is InChI=1S/C45H58N6O5S2/c1-43(2,3)51(42(54)56-45(7,8)9)31-14-10-28(11-15-31)38(52)49-40-37(32-18-21-46-26-36(32)58-40)39-48-34-17-12-29(24-35(34)57-39)30-13-16-33(47-25-30)27-19-22-50(23-20-27)41(53)55-44(4,5)6/h12-13,16-17,19,24-25,28,31,46H,10-11,14-15,18,20-23,26H2,1-9H3,(H,49,52). The summed E-state index contributed by atoms with van der Waals surface area (Å²) < 4.78 is 12.4. The fourth-order valence-corrected chi connectivity index (χ4v) is 10.5. The number of thiophene rings is 1. The third-order valence-electron chi connectivity index (χ3n) is 10.8. The van der Waals surface area contributed by atoms with Crippen molar-refractivity contribution in [2.24, 2.45) is 5.92 Å². The summed E-state index contributed by atoms with van der Waals surface area (Å²) in [5.41, 5.74) is 5.87. The van der Waals surface area contributed by atoms with Crippen LogP contribution in [0.4, 0.5) is 14.6 Å². The summed E-state index contributed by atoms with van der Waals surface area (Å²) in [4.78, 5) is 54.6. The molecule has 3 amide bonds. The van der Waals surface area contributed by atoms with Crippen LogP contribution in [0.25, 0.3) is 37.5 Å². The van der Waals surface area contributed by atoms with E-state index in [1.807, 2.05) is 73.4 Å². The second kappa shape index (κ2) is 16.4. The van der Waals surface area contributed by atoms with Crippen molar-refractivity contribution in [2.75, 3.05) is 25.0 Å². The molecule has 1 aromatic carbocycles. The quantitative estimate of drug-likeness (QED) is 0.197. The van der Waals surface area contributed by atoms with Crippen molar-refractivity contribution < 1.29 is 23.9 Å². The van der Waals surface area contributed by atoms with E-state index in [0.29, 0.717) is 25.9 Å². The number of anilines is 1. The molecule has 7 rings (SSSR count). The van der Waals surface area contributed by atoms with Crippen LogP contribution in [-0.4, -0.2) is 80.3 Å². The van der Waals surface area contributed by atoms with Crippen LogP contribution in [0.3, 0.4) is 0 Å². The summed E-state index contributed by atoms with van der Waals surface area (Å²) in [6.45, 7) is 20.2. The molecule has 0 radical (unpaired) electrons. The molecule has 0 unspecified atom stereocenters. The molecule has 0 bridgehead atoms. The van der Waals surface area contributed by atoms with Crippen molar-refractivity contribution in [3.63, 3.8) is 0 Å².